The van der Waals surface area contributed by atoms with E-state index in [2.05, 4.69) is 52.1 Å². The van der Waals surface area contributed by atoms with Crippen LogP contribution in [0.5, 0.6) is 5.75 Å². The average molecular weight is 247 g/mol. The summed E-state index contributed by atoms with van der Waals surface area (Å²) >= 11 is 0. The SMILES string of the molecule is COc1cc(C)c(C2NCC2(C)C)cc1C(C)C. The van der Waals surface area contributed by atoms with Crippen LogP contribution in [0.2, 0.25) is 0 Å². The van der Waals surface area contributed by atoms with Crippen LogP contribution in [0.15, 0.2) is 12.1 Å². The molecule has 1 aliphatic heterocycles. The summed E-state index contributed by atoms with van der Waals surface area (Å²) in [5.41, 5.74) is 4.41. The van der Waals surface area contributed by atoms with Crippen molar-refractivity contribution in [2.75, 3.05) is 13.7 Å². The second-order valence-corrected chi connectivity index (χ2v) is 6.41. The van der Waals surface area contributed by atoms with Gasteiger partial charge in [0.15, 0.2) is 0 Å². The minimum Gasteiger partial charge on any atom is -0.496 e. The zero-order chi connectivity index (χ0) is 13.5. The Bertz CT molecular complexity index is 449. The van der Waals surface area contributed by atoms with Crippen LogP contribution < -0.4 is 10.1 Å². The van der Waals surface area contributed by atoms with Gasteiger partial charge in [0.25, 0.3) is 0 Å². The Balaban J connectivity index is 2.46. The van der Waals surface area contributed by atoms with Crippen molar-refractivity contribution in [3.63, 3.8) is 0 Å². The molecule has 0 amide bonds. The molecule has 1 aliphatic rings. The molecule has 18 heavy (non-hydrogen) atoms. The maximum Gasteiger partial charge on any atom is 0.122 e. The summed E-state index contributed by atoms with van der Waals surface area (Å²) in [6, 6.07) is 4.99. The highest BCUT2D eigenvalue weighted by Crippen LogP contribution is 2.43. The third kappa shape index (κ3) is 2.14. The number of ether oxygens (including phenoxy) is 1. The quantitative estimate of drug-likeness (QED) is 0.877. The molecule has 1 N–H and O–H groups in total. The number of aryl methyl sites for hydroxylation is 1. The summed E-state index contributed by atoms with van der Waals surface area (Å²) < 4.78 is 5.51. The largest absolute Gasteiger partial charge is 0.496 e. The smallest absolute Gasteiger partial charge is 0.122 e. The number of rotatable bonds is 3. The average Bonchev–Trinajstić information content (AvgIpc) is 2.29. The molecule has 1 atom stereocenters. The highest BCUT2D eigenvalue weighted by atomic mass is 16.5. The first-order chi connectivity index (χ1) is 8.36. The number of methoxy groups -OCH3 is 1. The van der Waals surface area contributed by atoms with E-state index < -0.39 is 0 Å². The molecule has 2 nitrogen and oxygen atoms in total. The zero-order valence-electron chi connectivity index (χ0n) is 12.4. The third-order valence-electron chi connectivity index (χ3n) is 4.09. The van der Waals surface area contributed by atoms with Gasteiger partial charge in [-0.25, -0.2) is 0 Å². The normalized spacial score (nSPS) is 21.8. The van der Waals surface area contributed by atoms with E-state index in [-0.39, 0.29) is 0 Å². The van der Waals surface area contributed by atoms with Crippen LogP contribution in [0.1, 0.15) is 56.3 Å². The second kappa shape index (κ2) is 4.58. The van der Waals surface area contributed by atoms with E-state index in [0.717, 1.165) is 12.3 Å². The van der Waals surface area contributed by atoms with Crippen molar-refractivity contribution in [2.24, 2.45) is 5.41 Å². The highest BCUT2D eigenvalue weighted by molar-refractivity contribution is 5.46. The first-order valence-corrected chi connectivity index (χ1v) is 6.78. The van der Waals surface area contributed by atoms with E-state index in [1.165, 1.54) is 16.7 Å². The predicted molar refractivity (Wildman–Crippen MR) is 76.3 cm³/mol. The molecule has 0 saturated carbocycles. The standard InChI is InChI=1S/C16H25NO/c1-10(2)12-8-13(11(3)7-14(12)18-6)15-16(4,5)9-17-15/h7-8,10,15,17H,9H2,1-6H3. The molecule has 2 rings (SSSR count). The number of hydrogen-bond donors (Lipinski definition) is 1. The van der Waals surface area contributed by atoms with Crippen molar-refractivity contribution in [3.8, 4) is 5.75 Å². The fourth-order valence-corrected chi connectivity index (χ4v) is 2.80. The van der Waals surface area contributed by atoms with Gasteiger partial charge in [-0.3, -0.25) is 0 Å². The van der Waals surface area contributed by atoms with Gasteiger partial charge >= 0.3 is 0 Å². The van der Waals surface area contributed by atoms with Crippen LogP contribution in [-0.2, 0) is 0 Å². The van der Waals surface area contributed by atoms with Gasteiger partial charge in [-0.15, -0.1) is 0 Å². The lowest BCUT2D eigenvalue weighted by Crippen LogP contribution is -2.52. The summed E-state index contributed by atoms with van der Waals surface area (Å²) in [6.07, 6.45) is 0. The van der Waals surface area contributed by atoms with Crippen LogP contribution in [0.4, 0.5) is 0 Å². The topological polar surface area (TPSA) is 21.3 Å². The Labute approximate surface area is 111 Å². The van der Waals surface area contributed by atoms with Gasteiger partial charge in [0, 0.05) is 12.6 Å². The molecule has 0 aliphatic carbocycles. The van der Waals surface area contributed by atoms with Gasteiger partial charge in [0.05, 0.1) is 7.11 Å². The minimum atomic E-state index is 0.355. The van der Waals surface area contributed by atoms with E-state index in [1.807, 2.05) is 0 Å². The summed E-state index contributed by atoms with van der Waals surface area (Å²) in [5, 5.41) is 3.56. The molecule has 1 fully saturated rings. The Morgan fingerprint density at radius 1 is 1.33 bits per heavy atom. The summed E-state index contributed by atoms with van der Waals surface area (Å²) in [5.74, 6) is 1.51. The van der Waals surface area contributed by atoms with Crippen molar-refractivity contribution in [3.05, 3.63) is 28.8 Å². The highest BCUT2D eigenvalue weighted by Gasteiger charge is 2.40. The minimum absolute atomic E-state index is 0.355. The molecule has 1 aromatic carbocycles. The van der Waals surface area contributed by atoms with Crippen molar-refractivity contribution in [2.45, 2.75) is 46.6 Å². The molecule has 1 saturated heterocycles. The molecule has 0 spiro atoms. The monoisotopic (exact) mass is 247 g/mol. The van der Waals surface area contributed by atoms with Crippen molar-refractivity contribution >= 4 is 0 Å². The molecule has 0 bridgehead atoms. The van der Waals surface area contributed by atoms with Gasteiger partial charge in [-0.1, -0.05) is 27.7 Å². The molecular weight excluding hydrogens is 222 g/mol. The maximum atomic E-state index is 5.51. The fraction of sp³-hybridized carbons (Fsp3) is 0.625. The summed E-state index contributed by atoms with van der Waals surface area (Å²) in [7, 11) is 1.76. The van der Waals surface area contributed by atoms with Gasteiger partial charge in [0.2, 0.25) is 0 Å². The Morgan fingerprint density at radius 3 is 2.39 bits per heavy atom. The lowest BCUT2D eigenvalue weighted by Gasteiger charge is -2.46. The molecular formula is C16H25NO. The predicted octanol–water partition coefficient (Wildman–Crippen LogP) is 3.80. The summed E-state index contributed by atoms with van der Waals surface area (Å²) in [4.78, 5) is 0. The number of nitrogens with one attached hydrogen (secondary N) is 1. The zero-order valence-corrected chi connectivity index (χ0v) is 12.4. The van der Waals surface area contributed by atoms with E-state index >= 15 is 0 Å². The lowest BCUT2D eigenvalue weighted by molar-refractivity contribution is 0.127. The lowest BCUT2D eigenvalue weighted by atomic mass is 9.72. The first kappa shape index (κ1) is 13.4. The molecule has 100 valence electrons. The molecule has 2 heteroatoms. The Kier molecular flexibility index (Phi) is 3.41. The van der Waals surface area contributed by atoms with Crippen LogP contribution in [0.3, 0.4) is 0 Å². The third-order valence-corrected chi connectivity index (χ3v) is 4.09. The number of hydrogen-bond acceptors (Lipinski definition) is 2. The maximum absolute atomic E-state index is 5.51. The van der Waals surface area contributed by atoms with E-state index in [0.29, 0.717) is 17.4 Å². The number of benzene rings is 1. The van der Waals surface area contributed by atoms with Gasteiger partial charge in [0.1, 0.15) is 5.75 Å². The molecule has 1 heterocycles. The van der Waals surface area contributed by atoms with Crippen LogP contribution in [0.25, 0.3) is 0 Å². The second-order valence-electron chi connectivity index (χ2n) is 6.41. The van der Waals surface area contributed by atoms with Crippen LogP contribution >= 0.6 is 0 Å². The Hall–Kier alpha value is -1.02. The van der Waals surface area contributed by atoms with E-state index in [1.54, 1.807) is 7.11 Å². The summed E-state index contributed by atoms with van der Waals surface area (Å²) in [6.45, 7) is 12.4. The van der Waals surface area contributed by atoms with E-state index in [9.17, 15) is 0 Å². The fourth-order valence-electron chi connectivity index (χ4n) is 2.80. The molecule has 1 unspecified atom stereocenters. The van der Waals surface area contributed by atoms with Crippen molar-refractivity contribution < 1.29 is 4.74 Å². The Morgan fingerprint density at radius 2 is 2.00 bits per heavy atom. The molecule has 1 aromatic rings. The van der Waals surface area contributed by atoms with Crippen LogP contribution in [-0.4, -0.2) is 13.7 Å². The van der Waals surface area contributed by atoms with Crippen molar-refractivity contribution in [1.29, 1.82) is 0 Å². The van der Waals surface area contributed by atoms with E-state index in [4.69, 9.17) is 4.74 Å². The van der Waals surface area contributed by atoms with Gasteiger partial charge in [-0.2, -0.15) is 0 Å². The van der Waals surface area contributed by atoms with Gasteiger partial charge < -0.3 is 10.1 Å². The van der Waals surface area contributed by atoms with Gasteiger partial charge in [-0.05, 0) is 47.1 Å². The van der Waals surface area contributed by atoms with Crippen LogP contribution in [0, 0.1) is 12.3 Å². The molecule has 0 aromatic heterocycles. The molecule has 0 radical (unpaired) electrons. The van der Waals surface area contributed by atoms with Crippen molar-refractivity contribution in [1.82, 2.24) is 5.32 Å². The first-order valence-electron chi connectivity index (χ1n) is 6.78.